The van der Waals surface area contributed by atoms with Gasteiger partial charge in [0.05, 0.1) is 12.6 Å². The first-order valence-electron chi connectivity index (χ1n) is 8.97. The van der Waals surface area contributed by atoms with Crippen molar-refractivity contribution in [3.05, 3.63) is 17.6 Å². The van der Waals surface area contributed by atoms with Gasteiger partial charge in [-0.2, -0.15) is 0 Å². The standard InChI is InChI=1S/C18H31N5O/c1-6-7-14-8-20-13(4)21-18(14)23-10-15(12(2)3)16(11-23)22-17(24)9-19-5/h8,12,15-16,19H,6-7,9-11H2,1-5H3,(H,22,24)/t15-,16+/m0/s1. The molecule has 1 amide bonds. The lowest BCUT2D eigenvalue weighted by Gasteiger charge is -2.22. The Labute approximate surface area is 145 Å². The average molecular weight is 333 g/mol. The minimum Gasteiger partial charge on any atom is -0.354 e. The van der Waals surface area contributed by atoms with Gasteiger partial charge in [0.15, 0.2) is 0 Å². The zero-order chi connectivity index (χ0) is 17.7. The maximum Gasteiger partial charge on any atom is 0.234 e. The smallest absolute Gasteiger partial charge is 0.234 e. The van der Waals surface area contributed by atoms with E-state index in [9.17, 15) is 4.79 Å². The second-order valence-corrected chi connectivity index (χ2v) is 7.03. The van der Waals surface area contributed by atoms with E-state index in [2.05, 4.69) is 41.3 Å². The molecule has 1 aromatic rings. The third-order valence-corrected chi connectivity index (χ3v) is 4.69. The van der Waals surface area contributed by atoms with Crippen molar-refractivity contribution in [2.45, 2.75) is 46.6 Å². The highest BCUT2D eigenvalue weighted by Crippen LogP contribution is 2.30. The summed E-state index contributed by atoms with van der Waals surface area (Å²) in [6.45, 7) is 10.6. The van der Waals surface area contributed by atoms with Crippen molar-refractivity contribution in [1.82, 2.24) is 20.6 Å². The average Bonchev–Trinajstić information content (AvgIpc) is 2.93. The van der Waals surface area contributed by atoms with Crippen molar-refractivity contribution < 1.29 is 4.79 Å². The SMILES string of the molecule is CCCc1cnc(C)nc1N1C[C@@H](NC(=O)CNC)[C@H](C(C)C)C1. The zero-order valence-corrected chi connectivity index (χ0v) is 15.6. The lowest BCUT2D eigenvalue weighted by Crippen LogP contribution is -2.45. The Hall–Kier alpha value is -1.69. The number of aryl methyl sites for hydroxylation is 2. The van der Waals surface area contributed by atoms with Crippen LogP contribution < -0.4 is 15.5 Å². The van der Waals surface area contributed by atoms with E-state index < -0.39 is 0 Å². The van der Waals surface area contributed by atoms with Crippen LogP contribution in [0.2, 0.25) is 0 Å². The fourth-order valence-corrected chi connectivity index (χ4v) is 3.45. The molecular weight excluding hydrogens is 302 g/mol. The fourth-order valence-electron chi connectivity index (χ4n) is 3.45. The molecule has 1 aromatic heterocycles. The number of carbonyl (C=O) groups is 1. The first-order chi connectivity index (χ1) is 11.5. The molecule has 2 atom stereocenters. The van der Waals surface area contributed by atoms with E-state index in [0.29, 0.717) is 18.4 Å². The lowest BCUT2D eigenvalue weighted by molar-refractivity contribution is -0.121. The molecule has 1 aliphatic heterocycles. The number of hydrogen-bond acceptors (Lipinski definition) is 5. The van der Waals surface area contributed by atoms with Crippen molar-refractivity contribution in [2.75, 3.05) is 31.6 Å². The molecule has 0 unspecified atom stereocenters. The van der Waals surface area contributed by atoms with Gasteiger partial charge in [-0.3, -0.25) is 4.79 Å². The highest BCUT2D eigenvalue weighted by molar-refractivity contribution is 5.78. The maximum atomic E-state index is 12.0. The Kier molecular flexibility index (Phi) is 6.54. The van der Waals surface area contributed by atoms with Crippen molar-refractivity contribution in [2.24, 2.45) is 11.8 Å². The van der Waals surface area contributed by atoms with Crippen LogP contribution in [-0.4, -0.2) is 48.6 Å². The van der Waals surface area contributed by atoms with Gasteiger partial charge in [-0.25, -0.2) is 9.97 Å². The summed E-state index contributed by atoms with van der Waals surface area (Å²) in [7, 11) is 1.79. The molecule has 0 bridgehead atoms. The quantitative estimate of drug-likeness (QED) is 0.792. The zero-order valence-electron chi connectivity index (χ0n) is 15.6. The molecule has 2 rings (SSSR count). The fraction of sp³-hybridized carbons (Fsp3) is 0.722. The highest BCUT2D eigenvalue weighted by atomic mass is 16.2. The summed E-state index contributed by atoms with van der Waals surface area (Å²) in [5, 5.41) is 6.11. The Balaban J connectivity index is 2.20. The molecule has 1 fully saturated rings. The summed E-state index contributed by atoms with van der Waals surface area (Å²) in [6, 6.07) is 0.163. The minimum absolute atomic E-state index is 0.0580. The molecule has 6 nitrogen and oxygen atoms in total. The number of likely N-dealkylation sites (N-methyl/N-ethyl adjacent to an activating group) is 1. The van der Waals surface area contributed by atoms with Gasteiger partial charge < -0.3 is 15.5 Å². The van der Waals surface area contributed by atoms with Gasteiger partial charge in [-0.05, 0) is 26.3 Å². The summed E-state index contributed by atoms with van der Waals surface area (Å²) < 4.78 is 0. The Bertz CT molecular complexity index is 560. The Morgan fingerprint density at radius 1 is 1.42 bits per heavy atom. The molecule has 24 heavy (non-hydrogen) atoms. The highest BCUT2D eigenvalue weighted by Gasteiger charge is 2.36. The van der Waals surface area contributed by atoms with Gasteiger partial charge in [-0.1, -0.05) is 27.2 Å². The van der Waals surface area contributed by atoms with Crippen LogP contribution in [0, 0.1) is 18.8 Å². The van der Waals surface area contributed by atoms with Crippen molar-refractivity contribution in [3.63, 3.8) is 0 Å². The van der Waals surface area contributed by atoms with E-state index in [4.69, 9.17) is 4.98 Å². The van der Waals surface area contributed by atoms with Crippen molar-refractivity contribution in [1.29, 1.82) is 0 Å². The van der Waals surface area contributed by atoms with Gasteiger partial charge in [0.1, 0.15) is 11.6 Å². The van der Waals surface area contributed by atoms with E-state index in [0.717, 1.165) is 37.6 Å². The van der Waals surface area contributed by atoms with Crippen LogP contribution in [0.1, 0.15) is 38.6 Å². The maximum absolute atomic E-state index is 12.0. The topological polar surface area (TPSA) is 70.2 Å². The van der Waals surface area contributed by atoms with E-state index in [1.807, 2.05) is 13.1 Å². The lowest BCUT2D eigenvalue weighted by atomic mass is 9.91. The predicted octanol–water partition coefficient (Wildman–Crippen LogP) is 1.53. The Morgan fingerprint density at radius 3 is 2.79 bits per heavy atom. The molecule has 0 spiro atoms. The first-order valence-corrected chi connectivity index (χ1v) is 8.97. The van der Waals surface area contributed by atoms with E-state index in [1.165, 1.54) is 5.56 Å². The van der Waals surface area contributed by atoms with Crippen LogP contribution in [0.3, 0.4) is 0 Å². The molecule has 0 aliphatic carbocycles. The van der Waals surface area contributed by atoms with Crippen LogP contribution in [0.4, 0.5) is 5.82 Å². The number of rotatable bonds is 7. The summed E-state index contributed by atoms with van der Waals surface area (Å²) in [5.41, 5.74) is 1.20. The first kappa shape index (κ1) is 18.6. The molecule has 1 saturated heterocycles. The molecule has 1 aliphatic rings. The summed E-state index contributed by atoms with van der Waals surface area (Å²) in [6.07, 6.45) is 4.01. The molecule has 134 valence electrons. The molecule has 2 N–H and O–H groups in total. The molecular formula is C18H31N5O. The molecule has 6 heteroatoms. The Morgan fingerprint density at radius 2 is 2.17 bits per heavy atom. The van der Waals surface area contributed by atoms with Crippen LogP contribution in [-0.2, 0) is 11.2 Å². The number of amides is 1. The number of anilines is 1. The number of carbonyl (C=O) groups excluding carboxylic acids is 1. The van der Waals surface area contributed by atoms with Crippen LogP contribution in [0.5, 0.6) is 0 Å². The normalized spacial score (nSPS) is 20.7. The largest absolute Gasteiger partial charge is 0.354 e. The van der Waals surface area contributed by atoms with E-state index in [-0.39, 0.29) is 11.9 Å². The molecule has 0 saturated carbocycles. The van der Waals surface area contributed by atoms with Crippen LogP contribution in [0.25, 0.3) is 0 Å². The van der Waals surface area contributed by atoms with Gasteiger partial charge in [0.2, 0.25) is 5.91 Å². The van der Waals surface area contributed by atoms with Crippen molar-refractivity contribution in [3.8, 4) is 0 Å². The number of nitrogens with zero attached hydrogens (tertiary/aromatic N) is 3. The third-order valence-electron chi connectivity index (χ3n) is 4.69. The van der Waals surface area contributed by atoms with Crippen molar-refractivity contribution >= 4 is 11.7 Å². The predicted molar refractivity (Wildman–Crippen MR) is 97.2 cm³/mol. The molecule has 2 heterocycles. The second-order valence-electron chi connectivity index (χ2n) is 7.03. The third kappa shape index (κ3) is 4.44. The summed E-state index contributed by atoms with van der Waals surface area (Å²) in [5.74, 6) is 2.83. The van der Waals surface area contributed by atoms with Gasteiger partial charge in [0, 0.05) is 30.8 Å². The number of hydrogen-bond donors (Lipinski definition) is 2. The van der Waals surface area contributed by atoms with Gasteiger partial charge in [-0.15, -0.1) is 0 Å². The van der Waals surface area contributed by atoms with Gasteiger partial charge >= 0.3 is 0 Å². The van der Waals surface area contributed by atoms with E-state index in [1.54, 1.807) is 7.05 Å². The summed E-state index contributed by atoms with van der Waals surface area (Å²) >= 11 is 0. The monoisotopic (exact) mass is 333 g/mol. The van der Waals surface area contributed by atoms with Crippen LogP contribution >= 0.6 is 0 Å². The van der Waals surface area contributed by atoms with Gasteiger partial charge in [0.25, 0.3) is 0 Å². The molecule has 0 radical (unpaired) electrons. The number of aromatic nitrogens is 2. The summed E-state index contributed by atoms with van der Waals surface area (Å²) in [4.78, 5) is 23.4. The van der Waals surface area contributed by atoms with Crippen LogP contribution in [0.15, 0.2) is 6.20 Å². The minimum atomic E-state index is 0.0580. The van der Waals surface area contributed by atoms with E-state index >= 15 is 0 Å². The number of nitrogens with one attached hydrogen (secondary N) is 2. The second kappa shape index (κ2) is 8.42. The molecule has 0 aromatic carbocycles.